The molecule has 0 saturated heterocycles. The summed E-state index contributed by atoms with van der Waals surface area (Å²) in [5, 5.41) is 4.06. The molecular formula is C23H19FN2O4. The lowest BCUT2D eigenvalue weighted by Gasteiger charge is -2.06. The van der Waals surface area contributed by atoms with Crippen LogP contribution in [0.1, 0.15) is 5.56 Å². The van der Waals surface area contributed by atoms with Crippen LogP contribution in [-0.2, 0) is 6.61 Å². The Hall–Kier alpha value is -3.87. The highest BCUT2D eigenvalue weighted by Gasteiger charge is 2.13. The fourth-order valence-electron chi connectivity index (χ4n) is 2.84. The average molecular weight is 406 g/mol. The smallest absolute Gasteiger partial charge is 0.258 e. The molecule has 7 heteroatoms. The minimum Gasteiger partial charge on any atom is -0.497 e. The monoisotopic (exact) mass is 406 g/mol. The van der Waals surface area contributed by atoms with Crippen molar-refractivity contribution in [2.24, 2.45) is 0 Å². The zero-order valence-corrected chi connectivity index (χ0v) is 16.5. The van der Waals surface area contributed by atoms with Crippen LogP contribution in [0.2, 0.25) is 0 Å². The van der Waals surface area contributed by atoms with E-state index in [1.54, 1.807) is 44.6 Å². The summed E-state index contributed by atoms with van der Waals surface area (Å²) in [6, 6.07) is 18.9. The van der Waals surface area contributed by atoms with Gasteiger partial charge in [-0.1, -0.05) is 17.3 Å². The van der Waals surface area contributed by atoms with Gasteiger partial charge in [0, 0.05) is 17.2 Å². The number of nitrogens with zero attached hydrogens (tertiary/aromatic N) is 2. The zero-order valence-electron chi connectivity index (χ0n) is 16.5. The fraction of sp³-hybridized carbons (Fsp3) is 0.130. The topological polar surface area (TPSA) is 66.6 Å². The third kappa shape index (κ3) is 4.41. The van der Waals surface area contributed by atoms with Crippen molar-refractivity contribution in [2.75, 3.05) is 14.2 Å². The SMILES string of the molecule is COc1cc(OC)cc(-c2nc(-c3ccc(OCc4ccc(F)cc4)cc3)no2)c1. The number of hydrogen-bond acceptors (Lipinski definition) is 6. The summed E-state index contributed by atoms with van der Waals surface area (Å²) in [6.45, 7) is 0.351. The molecular weight excluding hydrogens is 387 g/mol. The van der Waals surface area contributed by atoms with Crippen LogP contribution in [0.15, 0.2) is 71.3 Å². The van der Waals surface area contributed by atoms with Gasteiger partial charge < -0.3 is 18.7 Å². The molecule has 1 heterocycles. The number of halogens is 1. The van der Waals surface area contributed by atoms with Gasteiger partial charge in [0.2, 0.25) is 5.82 Å². The third-order valence-corrected chi connectivity index (χ3v) is 4.46. The van der Waals surface area contributed by atoms with Crippen LogP contribution in [0.4, 0.5) is 4.39 Å². The first-order valence-electron chi connectivity index (χ1n) is 9.19. The van der Waals surface area contributed by atoms with Crippen molar-refractivity contribution < 1.29 is 23.1 Å². The Morgan fingerprint density at radius 2 is 1.47 bits per heavy atom. The van der Waals surface area contributed by atoms with E-state index in [1.807, 2.05) is 24.3 Å². The van der Waals surface area contributed by atoms with Gasteiger partial charge >= 0.3 is 0 Å². The van der Waals surface area contributed by atoms with Crippen LogP contribution in [0.3, 0.4) is 0 Å². The molecule has 0 atom stereocenters. The molecule has 0 aliphatic heterocycles. The summed E-state index contributed by atoms with van der Waals surface area (Å²) in [4.78, 5) is 4.47. The van der Waals surface area contributed by atoms with Crippen molar-refractivity contribution in [3.8, 4) is 40.1 Å². The second-order valence-electron chi connectivity index (χ2n) is 6.46. The first-order valence-corrected chi connectivity index (χ1v) is 9.19. The van der Waals surface area contributed by atoms with Gasteiger partial charge in [-0.25, -0.2) is 4.39 Å². The first-order chi connectivity index (χ1) is 14.6. The number of hydrogen-bond donors (Lipinski definition) is 0. The van der Waals surface area contributed by atoms with Crippen LogP contribution in [0, 0.1) is 5.82 Å². The summed E-state index contributed by atoms with van der Waals surface area (Å²) in [6.07, 6.45) is 0. The Morgan fingerprint density at radius 1 is 0.800 bits per heavy atom. The Labute approximate surface area is 172 Å². The Morgan fingerprint density at radius 3 is 2.10 bits per heavy atom. The quantitative estimate of drug-likeness (QED) is 0.423. The molecule has 3 aromatic carbocycles. The predicted octanol–water partition coefficient (Wildman–Crippen LogP) is 5.14. The Kier molecular flexibility index (Phi) is 5.61. The molecule has 0 saturated carbocycles. The molecule has 0 amide bonds. The lowest BCUT2D eigenvalue weighted by atomic mass is 10.2. The molecule has 0 aliphatic carbocycles. The van der Waals surface area contributed by atoms with Crippen molar-refractivity contribution in [3.05, 3.63) is 78.1 Å². The van der Waals surface area contributed by atoms with Crippen molar-refractivity contribution in [2.45, 2.75) is 6.61 Å². The van der Waals surface area contributed by atoms with Crippen molar-refractivity contribution in [3.63, 3.8) is 0 Å². The zero-order chi connectivity index (χ0) is 20.9. The van der Waals surface area contributed by atoms with E-state index in [-0.39, 0.29) is 5.82 Å². The van der Waals surface area contributed by atoms with E-state index >= 15 is 0 Å². The van der Waals surface area contributed by atoms with Gasteiger partial charge in [-0.05, 0) is 54.1 Å². The van der Waals surface area contributed by atoms with E-state index in [4.69, 9.17) is 18.7 Å². The van der Waals surface area contributed by atoms with Crippen LogP contribution in [-0.4, -0.2) is 24.4 Å². The van der Waals surface area contributed by atoms with Crippen LogP contribution in [0.25, 0.3) is 22.8 Å². The number of ether oxygens (including phenoxy) is 3. The van der Waals surface area contributed by atoms with Gasteiger partial charge in [0.25, 0.3) is 5.89 Å². The summed E-state index contributed by atoms with van der Waals surface area (Å²) in [5.41, 5.74) is 2.37. The van der Waals surface area contributed by atoms with E-state index in [9.17, 15) is 4.39 Å². The third-order valence-electron chi connectivity index (χ3n) is 4.46. The standard InChI is InChI=1S/C23H19FN2O4/c1-27-20-11-17(12-21(13-20)28-2)23-25-22(26-30-23)16-5-9-19(10-6-16)29-14-15-3-7-18(24)8-4-15/h3-13H,14H2,1-2H3. The predicted molar refractivity (Wildman–Crippen MR) is 109 cm³/mol. The molecule has 30 heavy (non-hydrogen) atoms. The lowest BCUT2D eigenvalue weighted by molar-refractivity contribution is 0.306. The molecule has 0 fully saturated rings. The van der Waals surface area contributed by atoms with E-state index in [0.717, 1.165) is 11.1 Å². The summed E-state index contributed by atoms with van der Waals surface area (Å²) in [7, 11) is 3.16. The summed E-state index contributed by atoms with van der Waals surface area (Å²) in [5.74, 6) is 2.49. The highest BCUT2D eigenvalue weighted by atomic mass is 19.1. The molecule has 152 valence electrons. The van der Waals surface area contributed by atoms with Gasteiger partial charge in [0.1, 0.15) is 29.7 Å². The second kappa shape index (κ2) is 8.65. The number of rotatable bonds is 7. The molecule has 0 bridgehead atoms. The van der Waals surface area contributed by atoms with Gasteiger partial charge in [-0.3, -0.25) is 0 Å². The minimum absolute atomic E-state index is 0.269. The Bertz CT molecular complexity index is 1100. The van der Waals surface area contributed by atoms with Crippen molar-refractivity contribution >= 4 is 0 Å². The Balaban J connectivity index is 1.48. The van der Waals surface area contributed by atoms with E-state index < -0.39 is 0 Å². The maximum atomic E-state index is 13.0. The molecule has 0 spiro atoms. The molecule has 4 rings (SSSR count). The highest BCUT2D eigenvalue weighted by molar-refractivity contribution is 5.63. The molecule has 0 aliphatic rings. The molecule has 6 nitrogen and oxygen atoms in total. The molecule has 0 N–H and O–H groups in total. The highest BCUT2D eigenvalue weighted by Crippen LogP contribution is 2.30. The molecule has 1 aromatic heterocycles. The minimum atomic E-state index is -0.269. The van der Waals surface area contributed by atoms with E-state index in [2.05, 4.69) is 10.1 Å². The summed E-state index contributed by atoms with van der Waals surface area (Å²) >= 11 is 0. The first kappa shape index (κ1) is 19.4. The maximum absolute atomic E-state index is 13.0. The summed E-state index contributed by atoms with van der Waals surface area (Å²) < 4.78 is 34.7. The van der Waals surface area contributed by atoms with Crippen LogP contribution in [0.5, 0.6) is 17.2 Å². The van der Waals surface area contributed by atoms with E-state index in [0.29, 0.717) is 41.1 Å². The molecule has 0 radical (unpaired) electrons. The number of benzene rings is 3. The van der Waals surface area contributed by atoms with Gasteiger partial charge in [-0.15, -0.1) is 0 Å². The van der Waals surface area contributed by atoms with Crippen molar-refractivity contribution in [1.29, 1.82) is 0 Å². The number of aromatic nitrogens is 2. The lowest BCUT2D eigenvalue weighted by Crippen LogP contribution is -1.95. The number of methoxy groups -OCH3 is 2. The van der Waals surface area contributed by atoms with Crippen LogP contribution < -0.4 is 14.2 Å². The fourth-order valence-corrected chi connectivity index (χ4v) is 2.84. The normalized spacial score (nSPS) is 10.6. The van der Waals surface area contributed by atoms with E-state index in [1.165, 1.54) is 12.1 Å². The van der Waals surface area contributed by atoms with Crippen molar-refractivity contribution in [1.82, 2.24) is 10.1 Å². The van der Waals surface area contributed by atoms with Gasteiger partial charge in [0.15, 0.2) is 0 Å². The van der Waals surface area contributed by atoms with Gasteiger partial charge in [0.05, 0.1) is 14.2 Å². The molecule has 4 aromatic rings. The average Bonchev–Trinajstić information content (AvgIpc) is 3.29. The molecule has 0 unspecified atom stereocenters. The second-order valence-corrected chi connectivity index (χ2v) is 6.46. The largest absolute Gasteiger partial charge is 0.497 e. The maximum Gasteiger partial charge on any atom is 0.258 e. The van der Waals surface area contributed by atoms with Crippen LogP contribution >= 0.6 is 0 Å². The van der Waals surface area contributed by atoms with Gasteiger partial charge in [-0.2, -0.15) is 4.98 Å².